The molecule has 0 saturated heterocycles. The molecule has 0 bridgehead atoms. The van der Waals surface area contributed by atoms with Crippen molar-refractivity contribution in [3.8, 4) is 5.75 Å². The van der Waals surface area contributed by atoms with Crippen LogP contribution in [-0.4, -0.2) is 44.3 Å². The highest BCUT2D eigenvalue weighted by atomic mass is 32.2. The predicted molar refractivity (Wildman–Crippen MR) is 98.4 cm³/mol. The van der Waals surface area contributed by atoms with E-state index in [1.165, 1.54) is 19.2 Å². The highest BCUT2D eigenvalue weighted by molar-refractivity contribution is 7.89. The van der Waals surface area contributed by atoms with Crippen molar-refractivity contribution in [2.75, 3.05) is 20.7 Å². The van der Waals surface area contributed by atoms with Crippen LogP contribution in [0.25, 0.3) is 0 Å². The van der Waals surface area contributed by atoms with Gasteiger partial charge < -0.3 is 10.1 Å². The van der Waals surface area contributed by atoms with Crippen LogP contribution in [0.2, 0.25) is 0 Å². The van der Waals surface area contributed by atoms with Gasteiger partial charge in [0.15, 0.2) is 0 Å². The molecule has 0 radical (unpaired) electrons. The molecule has 0 saturated carbocycles. The summed E-state index contributed by atoms with van der Waals surface area (Å²) in [5.74, 6) is 0.320. The summed E-state index contributed by atoms with van der Waals surface area (Å²) in [5.41, 5.74) is 2.43. The SMILES string of the molecule is COc1c(C)cnc(CNC(=O)CN(C)S(=O)(=O)c2ccccc2)c1C. The maximum atomic E-state index is 12.4. The molecule has 7 nitrogen and oxygen atoms in total. The van der Waals surface area contributed by atoms with Crippen molar-refractivity contribution in [3.05, 3.63) is 53.3 Å². The van der Waals surface area contributed by atoms with Crippen LogP contribution < -0.4 is 10.1 Å². The summed E-state index contributed by atoms with van der Waals surface area (Å²) in [5, 5.41) is 2.70. The first-order valence-electron chi connectivity index (χ1n) is 8.04. The van der Waals surface area contributed by atoms with Gasteiger partial charge in [-0.15, -0.1) is 0 Å². The van der Waals surface area contributed by atoms with E-state index >= 15 is 0 Å². The van der Waals surface area contributed by atoms with Gasteiger partial charge in [-0.2, -0.15) is 4.31 Å². The second-order valence-electron chi connectivity index (χ2n) is 5.90. The Labute approximate surface area is 154 Å². The molecular weight excluding hydrogens is 354 g/mol. The van der Waals surface area contributed by atoms with Gasteiger partial charge >= 0.3 is 0 Å². The summed E-state index contributed by atoms with van der Waals surface area (Å²) in [6.07, 6.45) is 1.68. The molecule has 0 unspecified atom stereocenters. The fourth-order valence-corrected chi connectivity index (χ4v) is 3.70. The molecule has 0 spiro atoms. The number of likely N-dealkylation sites (N-methyl/N-ethyl adjacent to an activating group) is 1. The number of aromatic nitrogens is 1. The summed E-state index contributed by atoms with van der Waals surface area (Å²) in [6, 6.07) is 8.00. The normalized spacial score (nSPS) is 11.4. The molecule has 1 aromatic carbocycles. The number of carbonyl (C=O) groups excluding carboxylic acids is 1. The number of hydrogen-bond acceptors (Lipinski definition) is 5. The molecule has 0 aliphatic heterocycles. The number of pyridine rings is 1. The number of methoxy groups -OCH3 is 1. The fourth-order valence-electron chi connectivity index (χ4n) is 2.55. The maximum Gasteiger partial charge on any atom is 0.243 e. The number of amides is 1. The van der Waals surface area contributed by atoms with Crippen LogP contribution in [-0.2, 0) is 21.4 Å². The van der Waals surface area contributed by atoms with E-state index in [2.05, 4.69) is 10.3 Å². The Morgan fingerprint density at radius 2 is 1.88 bits per heavy atom. The Morgan fingerprint density at radius 1 is 1.23 bits per heavy atom. The lowest BCUT2D eigenvalue weighted by molar-refractivity contribution is -0.121. The Bertz CT molecular complexity index is 883. The number of aryl methyl sites for hydroxylation is 1. The zero-order valence-corrected chi connectivity index (χ0v) is 16.1. The first kappa shape index (κ1) is 19.9. The summed E-state index contributed by atoms with van der Waals surface area (Å²) >= 11 is 0. The van der Waals surface area contributed by atoms with E-state index in [1.54, 1.807) is 31.5 Å². The van der Waals surface area contributed by atoms with E-state index < -0.39 is 15.9 Å². The number of nitrogens with zero attached hydrogens (tertiary/aromatic N) is 2. The van der Waals surface area contributed by atoms with Gasteiger partial charge in [0.1, 0.15) is 5.75 Å². The Kier molecular flexibility index (Phi) is 6.33. The third-order valence-electron chi connectivity index (χ3n) is 4.02. The number of ether oxygens (including phenoxy) is 1. The number of carbonyl (C=O) groups is 1. The van der Waals surface area contributed by atoms with Crippen molar-refractivity contribution in [1.82, 2.24) is 14.6 Å². The van der Waals surface area contributed by atoms with Gasteiger partial charge in [-0.3, -0.25) is 9.78 Å². The van der Waals surface area contributed by atoms with Crippen LogP contribution in [0.4, 0.5) is 0 Å². The Morgan fingerprint density at radius 3 is 2.50 bits per heavy atom. The van der Waals surface area contributed by atoms with Crippen molar-refractivity contribution >= 4 is 15.9 Å². The standard InChI is InChI=1S/C18H23N3O4S/c1-13-10-19-16(14(2)18(13)25-4)11-20-17(22)12-21(3)26(23,24)15-8-6-5-7-9-15/h5-10H,11-12H2,1-4H3,(H,20,22). The molecule has 0 atom stereocenters. The lowest BCUT2D eigenvalue weighted by Gasteiger charge is -2.17. The molecule has 2 rings (SSSR count). The first-order valence-corrected chi connectivity index (χ1v) is 9.48. The van der Waals surface area contributed by atoms with Gasteiger partial charge in [-0.1, -0.05) is 18.2 Å². The van der Waals surface area contributed by atoms with E-state index in [1.807, 2.05) is 13.8 Å². The van der Waals surface area contributed by atoms with E-state index in [0.717, 1.165) is 21.2 Å². The lowest BCUT2D eigenvalue weighted by atomic mass is 10.1. The van der Waals surface area contributed by atoms with Crippen molar-refractivity contribution < 1.29 is 17.9 Å². The summed E-state index contributed by atoms with van der Waals surface area (Å²) in [6.45, 7) is 3.68. The number of rotatable bonds is 7. The predicted octanol–water partition coefficient (Wildman–Crippen LogP) is 1.64. The average molecular weight is 377 g/mol. The van der Waals surface area contributed by atoms with Crippen molar-refractivity contribution in [2.24, 2.45) is 0 Å². The molecule has 0 aliphatic rings. The van der Waals surface area contributed by atoms with Gasteiger partial charge in [0.25, 0.3) is 0 Å². The highest BCUT2D eigenvalue weighted by Crippen LogP contribution is 2.23. The number of nitrogens with one attached hydrogen (secondary N) is 1. The monoisotopic (exact) mass is 377 g/mol. The average Bonchev–Trinajstić information content (AvgIpc) is 2.62. The minimum absolute atomic E-state index is 0.149. The van der Waals surface area contributed by atoms with Gasteiger partial charge in [0.05, 0.1) is 30.8 Å². The first-order chi connectivity index (χ1) is 12.3. The van der Waals surface area contributed by atoms with E-state index in [0.29, 0.717) is 5.69 Å². The summed E-state index contributed by atoms with van der Waals surface area (Å²) < 4.78 is 31.2. The quantitative estimate of drug-likeness (QED) is 0.792. The van der Waals surface area contributed by atoms with Crippen LogP contribution >= 0.6 is 0 Å². The van der Waals surface area contributed by atoms with Crippen LogP contribution in [0.5, 0.6) is 5.75 Å². The van der Waals surface area contributed by atoms with Crippen LogP contribution in [0.15, 0.2) is 41.4 Å². The molecule has 2 aromatic rings. The molecule has 1 heterocycles. The van der Waals surface area contributed by atoms with Crippen molar-refractivity contribution in [3.63, 3.8) is 0 Å². The Hall–Kier alpha value is -2.45. The number of benzene rings is 1. The zero-order valence-electron chi connectivity index (χ0n) is 15.3. The minimum atomic E-state index is -3.70. The van der Waals surface area contributed by atoms with Gasteiger partial charge in [0, 0.05) is 24.4 Å². The topological polar surface area (TPSA) is 88.6 Å². The zero-order chi connectivity index (χ0) is 19.3. The van der Waals surface area contributed by atoms with E-state index in [4.69, 9.17) is 4.74 Å². The van der Waals surface area contributed by atoms with Gasteiger partial charge in [0.2, 0.25) is 15.9 Å². The molecule has 8 heteroatoms. The minimum Gasteiger partial charge on any atom is -0.496 e. The van der Waals surface area contributed by atoms with E-state index in [9.17, 15) is 13.2 Å². The second-order valence-corrected chi connectivity index (χ2v) is 7.94. The molecule has 0 aliphatic carbocycles. The smallest absolute Gasteiger partial charge is 0.243 e. The van der Waals surface area contributed by atoms with Gasteiger partial charge in [-0.25, -0.2) is 8.42 Å². The molecule has 1 amide bonds. The Balaban J connectivity index is 2.01. The summed E-state index contributed by atoms with van der Waals surface area (Å²) in [4.78, 5) is 16.6. The van der Waals surface area contributed by atoms with Crippen molar-refractivity contribution in [1.29, 1.82) is 0 Å². The van der Waals surface area contributed by atoms with Crippen LogP contribution in [0.3, 0.4) is 0 Å². The highest BCUT2D eigenvalue weighted by Gasteiger charge is 2.22. The second kappa shape index (κ2) is 8.29. The lowest BCUT2D eigenvalue weighted by Crippen LogP contribution is -2.38. The molecule has 0 fully saturated rings. The molecule has 140 valence electrons. The largest absolute Gasteiger partial charge is 0.496 e. The maximum absolute atomic E-state index is 12.4. The molecule has 1 aromatic heterocycles. The summed E-state index contributed by atoms with van der Waals surface area (Å²) in [7, 11) is -0.745. The number of hydrogen-bond donors (Lipinski definition) is 1. The molecular formula is C18H23N3O4S. The third kappa shape index (κ3) is 4.39. The molecule has 1 N–H and O–H groups in total. The third-order valence-corrected chi connectivity index (χ3v) is 5.84. The molecule has 26 heavy (non-hydrogen) atoms. The van der Waals surface area contributed by atoms with Crippen LogP contribution in [0.1, 0.15) is 16.8 Å². The van der Waals surface area contributed by atoms with E-state index in [-0.39, 0.29) is 18.0 Å². The van der Waals surface area contributed by atoms with Gasteiger partial charge in [-0.05, 0) is 26.0 Å². The number of sulfonamides is 1. The van der Waals surface area contributed by atoms with Crippen molar-refractivity contribution in [2.45, 2.75) is 25.3 Å². The van der Waals surface area contributed by atoms with Crippen LogP contribution in [0, 0.1) is 13.8 Å². The fraction of sp³-hybridized carbons (Fsp3) is 0.333.